The van der Waals surface area contributed by atoms with Gasteiger partial charge in [0, 0.05) is 0 Å². The molecule has 0 atom stereocenters. The van der Waals surface area contributed by atoms with Crippen molar-refractivity contribution in [3.8, 4) is 5.75 Å². The fourth-order valence-electron chi connectivity index (χ4n) is 0.619. The molecule has 0 bridgehead atoms. The van der Waals surface area contributed by atoms with Gasteiger partial charge in [0.25, 0.3) is 0 Å². The van der Waals surface area contributed by atoms with Gasteiger partial charge in [-0.15, -0.1) is 0 Å². The van der Waals surface area contributed by atoms with E-state index in [1.165, 1.54) is 12.1 Å². The number of rotatable bonds is 2. The van der Waals surface area contributed by atoms with Crippen molar-refractivity contribution in [3.63, 3.8) is 0 Å². The summed E-state index contributed by atoms with van der Waals surface area (Å²) in [5.74, 6) is 0.167. The predicted octanol–water partition coefficient (Wildman–Crippen LogP) is -2.14. The van der Waals surface area contributed by atoms with Gasteiger partial charge in [-0.1, -0.05) is 18.2 Å². The molecule has 10 N–H and O–H groups in total. The zero-order valence-electron chi connectivity index (χ0n) is 7.54. The van der Waals surface area contributed by atoms with Crippen LogP contribution in [0, 0.1) is 0 Å². The topological polar surface area (TPSA) is 193 Å². The van der Waals surface area contributed by atoms with Crippen LogP contribution in [0.5, 0.6) is 5.75 Å². The first-order valence-corrected chi connectivity index (χ1v) is 4.41. The van der Waals surface area contributed by atoms with Crippen LogP contribution in [0.15, 0.2) is 30.3 Å². The molecule has 1 aromatic rings. The maximum Gasteiger partial charge on any atom is 0.524 e. The van der Waals surface area contributed by atoms with Gasteiger partial charge in [0.1, 0.15) is 5.75 Å². The number of hydrogen-bond acceptors (Lipinski definition) is 2. The molecule has 0 saturated heterocycles. The minimum atomic E-state index is -4.39. The zero-order chi connectivity index (χ0) is 8.32. The molecule has 9 heteroatoms. The van der Waals surface area contributed by atoms with Gasteiger partial charge < -0.3 is 26.4 Å². The van der Waals surface area contributed by atoms with Crippen molar-refractivity contribution in [1.29, 1.82) is 0 Å². The van der Waals surface area contributed by atoms with Crippen LogP contribution in [0.4, 0.5) is 0 Å². The summed E-state index contributed by atoms with van der Waals surface area (Å²) in [6.07, 6.45) is 0. The summed E-state index contributed by atoms with van der Waals surface area (Å²) >= 11 is 0. The number of benzene rings is 1. The van der Waals surface area contributed by atoms with Gasteiger partial charge in [-0.3, -0.25) is 9.79 Å². The van der Waals surface area contributed by atoms with Crippen LogP contribution in [0.2, 0.25) is 0 Å². The Bertz CT molecular complexity index is 270. The Morgan fingerprint density at radius 2 is 1.33 bits per heavy atom. The molecule has 0 spiro atoms. The molecule has 0 aromatic heterocycles. The van der Waals surface area contributed by atoms with Crippen molar-refractivity contribution in [1.82, 2.24) is 0 Å². The van der Waals surface area contributed by atoms with Gasteiger partial charge in [-0.2, -0.15) is 0 Å². The summed E-state index contributed by atoms with van der Waals surface area (Å²) in [5, 5.41) is 0. The van der Waals surface area contributed by atoms with Gasteiger partial charge in [-0.05, 0) is 12.1 Å². The van der Waals surface area contributed by atoms with Crippen molar-refractivity contribution in [2.75, 3.05) is 0 Å². The van der Waals surface area contributed by atoms with E-state index in [0.717, 1.165) is 0 Å². The average molecular weight is 246 g/mol. The lowest BCUT2D eigenvalue weighted by Gasteiger charge is -2.04. The molecule has 0 fully saturated rings. The smallest absolute Gasteiger partial charge is 0.412 e. The highest BCUT2D eigenvalue weighted by molar-refractivity contribution is 7.46. The Labute approximate surface area is 85.6 Å². The lowest BCUT2D eigenvalue weighted by atomic mass is 10.3. The zero-order valence-corrected chi connectivity index (χ0v) is 8.44. The number of phosphoric acid groups is 1. The van der Waals surface area contributed by atoms with Crippen molar-refractivity contribution in [2.24, 2.45) is 0 Å². The predicted molar refractivity (Wildman–Crippen MR) is 53.6 cm³/mol. The van der Waals surface area contributed by atoms with Gasteiger partial charge >= 0.3 is 7.82 Å². The average Bonchev–Trinajstić information content (AvgIpc) is 1.85. The minimum Gasteiger partial charge on any atom is -0.412 e. The molecule has 8 nitrogen and oxygen atoms in total. The Kier molecular flexibility index (Phi) is 15.1. The van der Waals surface area contributed by atoms with Gasteiger partial charge in [0.05, 0.1) is 0 Å². The van der Waals surface area contributed by atoms with Gasteiger partial charge in [0.2, 0.25) is 0 Å². The molecule has 0 aliphatic carbocycles. The molecule has 0 heterocycles. The van der Waals surface area contributed by atoms with Crippen molar-refractivity contribution >= 4 is 7.82 Å². The first kappa shape index (κ1) is 23.7. The molecular formula is C6H15O8P. The van der Waals surface area contributed by atoms with Crippen LogP contribution >= 0.6 is 7.82 Å². The quantitative estimate of drug-likeness (QED) is 0.562. The summed E-state index contributed by atoms with van der Waals surface area (Å²) < 4.78 is 14.5. The van der Waals surface area contributed by atoms with Crippen molar-refractivity contribution in [3.05, 3.63) is 30.3 Å². The van der Waals surface area contributed by atoms with Gasteiger partial charge in [-0.25, -0.2) is 4.57 Å². The molecule has 92 valence electrons. The second-order valence-corrected chi connectivity index (χ2v) is 3.06. The molecular weight excluding hydrogens is 231 g/mol. The highest BCUT2D eigenvalue weighted by Gasteiger charge is 2.14. The van der Waals surface area contributed by atoms with Crippen molar-refractivity contribution in [2.45, 2.75) is 0 Å². The molecule has 0 amide bonds. The van der Waals surface area contributed by atoms with Gasteiger partial charge in [0.15, 0.2) is 0 Å². The fraction of sp³-hybridized carbons (Fsp3) is 0. The van der Waals surface area contributed by atoms with E-state index in [-0.39, 0.29) is 27.7 Å². The van der Waals surface area contributed by atoms with Crippen LogP contribution in [-0.2, 0) is 4.57 Å². The van der Waals surface area contributed by atoms with E-state index in [0.29, 0.717) is 0 Å². The first-order chi connectivity index (χ1) is 5.08. The summed E-state index contributed by atoms with van der Waals surface area (Å²) in [7, 11) is -4.39. The van der Waals surface area contributed by atoms with Crippen molar-refractivity contribution < 1.29 is 40.8 Å². The largest absolute Gasteiger partial charge is 0.524 e. The third-order valence-corrected chi connectivity index (χ3v) is 1.42. The summed E-state index contributed by atoms with van der Waals surface area (Å²) in [6, 6.07) is 7.93. The van der Waals surface area contributed by atoms with Crippen LogP contribution in [0.3, 0.4) is 0 Å². The molecule has 0 aliphatic heterocycles. The van der Waals surface area contributed by atoms with E-state index < -0.39 is 7.82 Å². The Hall–Kier alpha value is -0.990. The second kappa shape index (κ2) is 9.56. The number of hydrogen-bond donors (Lipinski definition) is 2. The van der Waals surface area contributed by atoms with E-state index in [1.54, 1.807) is 18.2 Å². The highest BCUT2D eigenvalue weighted by atomic mass is 31.2. The lowest BCUT2D eigenvalue weighted by molar-refractivity contribution is 0.283. The normalized spacial score (nSPS) is 8.13. The third-order valence-electron chi connectivity index (χ3n) is 0.968. The standard InChI is InChI=1S/C6H7O4P.4H2O/c7-11(8,9)10-6-4-2-1-3-5-6;;;;/h1-5H,(H2,7,8,9);4*1H2. The summed E-state index contributed by atoms with van der Waals surface area (Å²) in [4.78, 5) is 16.7. The van der Waals surface area contributed by atoms with E-state index in [2.05, 4.69) is 4.52 Å². The van der Waals surface area contributed by atoms with E-state index in [4.69, 9.17) is 9.79 Å². The second-order valence-electron chi connectivity index (χ2n) is 1.89. The molecule has 0 saturated carbocycles. The van der Waals surface area contributed by atoms with Crippen LogP contribution in [0.25, 0.3) is 0 Å². The Morgan fingerprint density at radius 3 is 1.67 bits per heavy atom. The van der Waals surface area contributed by atoms with Crippen LogP contribution in [0.1, 0.15) is 0 Å². The summed E-state index contributed by atoms with van der Waals surface area (Å²) in [6.45, 7) is 0. The molecule has 0 unspecified atom stereocenters. The monoisotopic (exact) mass is 246 g/mol. The third kappa shape index (κ3) is 10.9. The van der Waals surface area contributed by atoms with E-state index in [9.17, 15) is 4.57 Å². The molecule has 0 aliphatic rings. The van der Waals surface area contributed by atoms with E-state index >= 15 is 0 Å². The SMILES string of the molecule is O.O.O.O.O=P(O)(O)Oc1ccccc1. The molecule has 0 radical (unpaired) electrons. The maximum atomic E-state index is 10.3. The minimum absolute atomic E-state index is 0. The van der Waals surface area contributed by atoms with Crippen LogP contribution in [-0.4, -0.2) is 31.7 Å². The molecule has 1 rings (SSSR count). The first-order valence-electron chi connectivity index (χ1n) is 2.88. The Balaban J connectivity index is -0.000000151. The number of para-hydroxylation sites is 1. The van der Waals surface area contributed by atoms with E-state index in [1.807, 2.05) is 0 Å². The fourth-order valence-corrected chi connectivity index (χ4v) is 1.02. The lowest BCUT2D eigenvalue weighted by Crippen LogP contribution is -1.88. The molecule has 1 aromatic carbocycles. The Morgan fingerprint density at radius 1 is 0.933 bits per heavy atom. The number of phosphoric ester groups is 1. The molecule has 15 heavy (non-hydrogen) atoms. The summed E-state index contributed by atoms with van der Waals surface area (Å²) in [5.41, 5.74) is 0. The highest BCUT2D eigenvalue weighted by Crippen LogP contribution is 2.36. The van der Waals surface area contributed by atoms with Crippen LogP contribution < -0.4 is 4.52 Å². The maximum absolute atomic E-state index is 10.3.